The van der Waals surface area contributed by atoms with Crippen LogP contribution in [-0.2, 0) is 4.79 Å². The molecule has 2 rings (SSSR count). The maximum Gasteiger partial charge on any atom is 0.328 e. The summed E-state index contributed by atoms with van der Waals surface area (Å²) < 4.78 is 0. The molecule has 1 amide bonds. The number of carboxylic acid groups (broad SMARTS) is 1. The molecule has 1 aromatic heterocycles. The molecule has 1 aromatic rings. The third-order valence-electron chi connectivity index (χ3n) is 3.40. The number of rotatable bonds is 4. The lowest BCUT2D eigenvalue weighted by molar-refractivity contribution is -0.131. The number of carbonyl (C=O) groups is 2. The second-order valence-corrected chi connectivity index (χ2v) is 5.50. The molecule has 0 aromatic carbocycles. The Kier molecular flexibility index (Phi) is 4.37. The van der Waals surface area contributed by atoms with Crippen molar-refractivity contribution in [2.45, 2.75) is 32.2 Å². The Balaban J connectivity index is 2.20. The van der Waals surface area contributed by atoms with Crippen molar-refractivity contribution in [1.29, 1.82) is 0 Å². The van der Waals surface area contributed by atoms with Crippen LogP contribution in [0.3, 0.4) is 0 Å². The van der Waals surface area contributed by atoms with Gasteiger partial charge in [-0.1, -0.05) is 6.92 Å². The highest BCUT2D eigenvalue weighted by atomic mass is 32.1. The molecule has 1 saturated heterocycles. The molecule has 0 radical (unpaired) electrons. The zero-order valence-corrected chi connectivity index (χ0v) is 11.7. The first kappa shape index (κ1) is 13.8. The minimum atomic E-state index is -1.00. The lowest BCUT2D eigenvalue weighted by Gasteiger charge is -2.23. The molecule has 5 heteroatoms. The number of carboxylic acids is 1. The second kappa shape index (κ2) is 6.02. The first-order chi connectivity index (χ1) is 9.13. The van der Waals surface area contributed by atoms with Gasteiger partial charge >= 0.3 is 5.97 Å². The van der Waals surface area contributed by atoms with Crippen LogP contribution in [-0.4, -0.2) is 34.5 Å². The maximum atomic E-state index is 12.5. The van der Waals surface area contributed by atoms with E-state index in [-0.39, 0.29) is 5.91 Å². The molecule has 1 fully saturated rings. The van der Waals surface area contributed by atoms with Gasteiger partial charge in [-0.25, -0.2) is 4.79 Å². The summed E-state index contributed by atoms with van der Waals surface area (Å²) in [6, 6.07) is 2.11. The van der Waals surface area contributed by atoms with Crippen molar-refractivity contribution in [3.8, 4) is 0 Å². The van der Waals surface area contributed by atoms with E-state index in [1.54, 1.807) is 6.07 Å². The normalized spacial score (nSPS) is 19.2. The number of hydrogen-bond donors (Lipinski definition) is 1. The van der Waals surface area contributed by atoms with Crippen molar-refractivity contribution in [1.82, 2.24) is 4.90 Å². The van der Waals surface area contributed by atoms with Gasteiger partial charge in [0.05, 0.1) is 4.88 Å². The third kappa shape index (κ3) is 3.04. The van der Waals surface area contributed by atoms with E-state index in [1.807, 2.05) is 10.3 Å². The summed E-state index contributed by atoms with van der Waals surface area (Å²) in [5.41, 5.74) is 0.694. The van der Waals surface area contributed by atoms with E-state index >= 15 is 0 Å². The Morgan fingerprint density at radius 2 is 2.37 bits per heavy atom. The SMILES string of the molecule is CCC1CCCN1C(=O)c1sccc1/C=C/C(=O)O. The average molecular weight is 279 g/mol. The standard InChI is InChI=1S/C14H17NO3S/c1-2-11-4-3-8-15(11)14(18)13-10(7-9-19-13)5-6-12(16)17/h5-7,9,11H,2-4,8H2,1H3,(H,16,17)/b6-5+. The minimum Gasteiger partial charge on any atom is -0.478 e. The first-order valence-electron chi connectivity index (χ1n) is 6.43. The summed E-state index contributed by atoms with van der Waals surface area (Å²) >= 11 is 1.37. The molecule has 1 atom stereocenters. The molecule has 1 aliphatic rings. The highest BCUT2D eigenvalue weighted by molar-refractivity contribution is 7.12. The zero-order chi connectivity index (χ0) is 13.8. The van der Waals surface area contributed by atoms with Crippen LogP contribution < -0.4 is 0 Å². The van der Waals surface area contributed by atoms with Gasteiger partial charge in [0.15, 0.2) is 0 Å². The number of amides is 1. The molecule has 1 unspecified atom stereocenters. The summed E-state index contributed by atoms with van der Waals surface area (Å²) in [6.07, 6.45) is 5.64. The van der Waals surface area contributed by atoms with Crippen LogP contribution in [0, 0.1) is 0 Å². The molecule has 0 saturated carbocycles. The molecule has 4 nitrogen and oxygen atoms in total. The number of thiophene rings is 1. The molecule has 102 valence electrons. The van der Waals surface area contributed by atoms with E-state index in [4.69, 9.17) is 5.11 Å². The fraction of sp³-hybridized carbons (Fsp3) is 0.429. The Morgan fingerprint density at radius 1 is 1.58 bits per heavy atom. The highest BCUT2D eigenvalue weighted by Crippen LogP contribution is 2.26. The van der Waals surface area contributed by atoms with Crippen molar-refractivity contribution >= 4 is 29.3 Å². The van der Waals surface area contributed by atoms with Crippen molar-refractivity contribution in [2.24, 2.45) is 0 Å². The van der Waals surface area contributed by atoms with Gasteiger partial charge in [-0.3, -0.25) is 4.79 Å². The Hall–Kier alpha value is -1.62. The fourth-order valence-corrected chi connectivity index (χ4v) is 3.28. The van der Waals surface area contributed by atoms with E-state index in [1.165, 1.54) is 17.4 Å². The highest BCUT2D eigenvalue weighted by Gasteiger charge is 2.29. The van der Waals surface area contributed by atoms with Crippen molar-refractivity contribution in [3.05, 3.63) is 28.0 Å². The molecular weight excluding hydrogens is 262 g/mol. The monoisotopic (exact) mass is 279 g/mol. The number of carbonyl (C=O) groups excluding carboxylic acids is 1. The maximum absolute atomic E-state index is 12.5. The van der Waals surface area contributed by atoms with Crippen LogP contribution in [0.15, 0.2) is 17.5 Å². The number of aliphatic carboxylic acids is 1. The lowest BCUT2D eigenvalue weighted by Crippen LogP contribution is -2.34. The molecule has 0 aliphatic carbocycles. The third-order valence-corrected chi connectivity index (χ3v) is 4.32. The van der Waals surface area contributed by atoms with Gasteiger partial charge in [-0.2, -0.15) is 0 Å². The van der Waals surface area contributed by atoms with Crippen LogP contribution in [0.2, 0.25) is 0 Å². The van der Waals surface area contributed by atoms with Gasteiger partial charge < -0.3 is 10.0 Å². The first-order valence-corrected chi connectivity index (χ1v) is 7.31. The lowest BCUT2D eigenvalue weighted by atomic mass is 10.1. The molecule has 19 heavy (non-hydrogen) atoms. The average Bonchev–Trinajstić information content (AvgIpc) is 3.03. The number of hydrogen-bond acceptors (Lipinski definition) is 3. The van der Waals surface area contributed by atoms with Gasteiger partial charge in [-0.05, 0) is 42.3 Å². The molecular formula is C14H17NO3S. The van der Waals surface area contributed by atoms with Crippen LogP contribution in [0.4, 0.5) is 0 Å². The summed E-state index contributed by atoms with van der Waals surface area (Å²) in [6.45, 7) is 2.90. The number of nitrogens with zero attached hydrogens (tertiary/aromatic N) is 1. The van der Waals surface area contributed by atoms with E-state index in [9.17, 15) is 9.59 Å². The summed E-state index contributed by atoms with van der Waals surface area (Å²) in [7, 11) is 0. The molecule has 2 heterocycles. The smallest absolute Gasteiger partial charge is 0.328 e. The van der Waals surface area contributed by atoms with E-state index in [0.717, 1.165) is 31.9 Å². The second-order valence-electron chi connectivity index (χ2n) is 4.58. The summed E-state index contributed by atoms with van der Waals surface area (Å²) in [5.74, 6) is -0.971. The molecule has 0 bridgehead atoms. The largest absolute Gasteiger partial charge is 0.478 e. The van der Waals surface area contributed by atoms with Gasteiger partial charge in [0.1, 0.15) is 0 Å². The predicted molar refractivity (Wildman–Crippen MR) is 75.3 cm³/mol. The van der Waals surface area contributed by atoms with Gasteiger partial charge in [0.25, 0.3) is 5.91 Å². The van der Waals surface area contributed by atoms with E-state index in [0.29, 0.717) is 16.5 Å². The number of likely N-dealkylation sites (tertiary alicyclic amines) is 1. The zero-order valence-electron chi connectivity index (χ0n) is 10.8. The van der Waals surface area contributed by atoms with Crippen LogP contribution in [0.1, 0.15) is 41.4 Å². The van der Waals surface area contributed by atoms with Crippen molar-refractivity contribution in [2.75, 3.05) is 6.54 Å². The van der Waals surface area contributed by atoms with Gasteiger partial charge in [0.2, 0.25) is 0 Å². The minimum absolute atomic E-state index is 0.0318. The van der Waals surface area contributed by atoms with Crippen LogP contribution in [0.5, 0.6) is 0 Å². The Labute approximate surface area is 116 Å². The van der Waals surface area contributed by atoms with Crippen molar-refractivity contribution < 1.29 is 14.7 Å². The van der Waals surface area contributed by atoms with Crippen LogP contribution in [0.25, 0.3) is 6.08 Å². The molecule has 1 aliphatic heterocycles. The topological polar surface area (TPSA) is 57.6 Å². The quantitative estimate of drug-likeness (QED) is 0.862. The molecule has 1 N–H and O–H groups in total. The van der Waals surface area contributed by atoms with Gasteiger partial charge in [-0.15, -0.1) is 11.3 Å². The van der Waals surface area contributed by atoms with E-state index in [2.05, 4.69) is 6.92 Å². The van der Waals surface area contributed by atoms with E-state index < -0.39 is 5.97 Å². The molecule has 0 spiro atoms. The predicted octanol–water partition coefficient (Wildman–Crippen LogP) is 2.86. The van der Waals surface area contributed by atoms with Gasteiger partial charge in [0, 0.05) is 18.7 Å². The van der Waals surface area contributed by atoms with Crippen LogP contribution >= 0.6 is 11.3 Å². The van der Waals surface area contributed by atoms with Crippen molar-refractivity contribution in [3.63, 3.8) is 0 Å². The Bertz CT molecular complexity index is 507. The Morgan fingerprint density at radius 3 is 3.05 bits per heavy atom. The summed E-state index contributed by atoms with van der Waals surface area (Å²) in [4.78, 5) is 25.6. The fourth-order valence-electron chi connectivity index (χ4n) is 2.44. The summed E-state index contributed by atoms with van der Waals surface area (Å²) in [5, 5.41) is 10.5.